The maximum Gasteiger partial charge on any atom is 0.122 e. The number of unbranched alkanes of at least 4 members (excludes halogenated alkanes) is 1. The van der Waals surface area contributed by atoms with E-state index in [0.29, 0.717) is 0 Å². The Balaban J connectivity index is 0.00000123. The van der Waals surface area contributed by atoms with E-state index in [1.165, 1.54) is 11.1 Å². The minimum Gasteiger partial charge on any atom is -0.493 e. The van der Waals surface area contributed by atoms with Gasteiger partial charge >= 0.3 is 0 Å². The molecule has 0 aliphatic rings. The molecule has 134 valence electrons. The fourth-order valence-electron chi connectivity index (χ4n) is 2.01. The highest BCUT2D eigenvalue weighted by Crippen LogP contribution is 2.17. The molecular formula is C22H34O2. The second-order valence-corrected chi connectivity index (χ2v) is 4.94. The van der Waals surface area contributed by atoms with Crippen molar-refractivity contribution < 1.29 is 9.47 Å². The summed E-state index contributed by atoms with van der Waals surface area (Å²) < 4.78 is 11.5. The van der Waals surface area contributed by atoms with E-state index in [4.69, 9.17) is 9.47 Å². The molecule has 0 aliphatic heterocycles. The van der Waals surface area contributed by atoms with E-state index in [1.54, 1.807) is 0 Å². The molecular weight excluding hydrogens is 296 g/mol. The molecule has 0 bridgehead atoms. The summed E-state index contributed by atoms with van der Waals surface area (Å²) in [6.45, 7) is 13.6. The molecule has 2 aromatic rings. The van der Waals surface area contributed by atoms with Crippen LogP contribution >= 0.6 is 0 Å². The van der Waals surface area contributed by atoms with Crippen LogP contribution < -0.4 is 9.47 Å². The number of hydrogen-bond donors (Lipinski definition) is 0. The van der Waals surface area contributed by atoms with Crippen LogP contribution in [0.3, 0.4) is 0 Å². The lowest BCUT2D eigenvalue weighted by Crippen LogP contribution is -2.03. The van der Waals surface area contributed by atoms with E-state index >= 15 is 0 Å². The number of benzene rings is 2. The van der Waals surface area contributed by atoms with Crippen molar-refractivity contribution >= 4 is 0 Å². The normalized spacial score (nSPS) is 9.08. The first-order valence-corrected chi connectivity index (χ1v) is 9.14. The number of hydrogen-bond acceptors (Lipinski definition) is 2. The van der Waals surface area contributed by atoms with Crippen molar-refractivity contribution in [2.75, 3.05) is 13.2 Å². The van der Waals surface area contributed by atoms with Gasteiger partial charge in [-0.2, -0.15) is 0 Å². The average Bonchev–Trinajstić information content (AvgIpc) is 2.64. The highest BCUT2D eigenvalue weighted by atomic mass is 16.5. The van der Waals surface area contributed by atoms with Crippen LogP contribution in [-0.4, -0.2) is 13.2 Å². The van der Waals surface area contributed by atoms with Gasteiger partial charge in [-0.1, -0.05) is 64.1 Å². The van der Waals surface area contributed by atoms with Gasteiger partial charge in [-0.15, -0.1) is 0 Å². The van der Waals surface area contributed by atoms with Crippen molar-refractivity contribution in [1.82, 2.24) is 0 Å². The van der Waals surface area contributed by atoms with Crippen molar-refractivity contribution in [2.45, 2.75) is 54.4 Å². The molecule has 0 aliphatic carbocycles. The molecule has 2 nitrogen and oxygen atoms in total. The first-order valence-electron chi connectivity index (χ1n) is 9.14. The molecule has 24 heavy (non-hydrogen) atoms. The third kappa shape index (κ3) is 8.61. The third-order valence-electron chi connectivity index (χ3n) is 3.24. The molecule has 2 heteroatoms. The number of rotatable bonds is 7. The molecule has 2 aromatic carbocycles. The monoisotopic (exact) mass is 330 g/mol. The molecule has 0 fully saturated rings. The topological polar surface area (TPSA) is 18.5 Å². The Labute approximate surface area is 148 Å². The number of para-hydroxylation sites is 2. The van der Waals surface area contributed by atoms with Gasteiger partial charge in [0.2, 0.25) is 0 Å². The molecule has 0 saturated heterocycles. The van der Waals surface area contributed by atoms with Crippen molar-refractivity contribution in [1.29, 1.82) is 0 Å². The third-order valence-corrected chi connectivity index (χ3v) is 3.24. The summed E-state index contributed by atoms with van der Waals surface area (Å²) in [4.78, 5) is 0. The van der Waals surface area contributed by atoms with Crippen LogP contribution in [0.15, 0.2) is 48.5 Å². The SMILES string of the molecule is CC.CC.Cc1ccccc1OCCCCOc1ccccc1C. The van der Waals surface area contributed by atoms with E-state index in [1.807, 2.05) is 64.1 Å². The van der Waals surface area contributed by atoms with Gasteiger partial charge in [0.15, 0.2) is 0 Å². The van der Waals surface area contributed by atoms with Gasteiger partial charge in [0, 0.05) is 0 Å². The molecule has 0 atom stereocenters. The van der Waals surface area contributed by atoms with Gasteiger partial charge in [0.1, 0.15) is 11.5 Å². The highest BCUT2D eigenvalue weighted by molar-refractivity contribution is 5.32. The summed E-state index contributed by atoms with van der Waals surface area (Å²) in [5.74, 6) is 1.96. The Kier molecular flexibility index (Phi) is 13.4. The Morgan fingerprint density at radius 1 is 0.583 bits per heavy atom. The minimum atomic E-state index is 0.738. The van der Waals surface area contributed by atoms with Crippen molar-refractivity contribution in [2.24, 2.45) is 0 Å². The Morgan fingerprint density at radius 2 is 0.917 bits per heavy atom. The van der Waals surface area contributed by atoms with Crippen molar-refractivity contribution in [3.8, 4) is 11.5 Å². The summed E-state index contributed by atoms with van der Waals surface area (Å²) in [7, 11) is 0. The van der Waals surface area contributed by atoms with E-state index in [-0.39, 0.29) is 0 Å². The standard InChI is InChI=1S/C18H22O2.2C2H6/c1-15-9-3-5-11-17(15)19-13-7-8-14-20-18-12-6-4-10-16(18)2;2*1-2/h3-6,9-12H,7-8,13-14H2,1-2H3;2*1-2H3. The van der Waals surface area contributed by atoms with Crippen molar-refractivity contribution in [3.05, 3.63) is 59.7 Å². The second-order valence-electron chi connectivity index (χ2n) is 4.94. The lowest BCUT2D eigenvalue weighted by Gasteiger charge is -2.10. The van der Waals surface area contributed by atoms with Crippen LogP contribution in [0.5, 0.6) is 11.5 Å². The largest absolute Gasteiger partial charge is 0.493 e. The van der Waals surface area contributed by atoms with E-state index < -0.39 is 0 Å². The zero-order valence-electron chi connectivity index (χ0n) is 16.3. The summed E-state index contributed by atoms with van der Waals surface area (Å²) in [6.07, 6.45) is 2.00. The molecule has 0 heterocycles. The number of aryl methyl sites for hydroxylation is 2. The van der Waals surface area contributed by atoms with E-state index in [0.717, 1.165) is 37.6 Å². The van der Waals surface area contributed by atoms with Crippen LogP contribution in [0.2, 0.25) is 0 Å². The van der Waals surface area contributed by atoms with Crippen LogP contribution in [0.1, 0.15) is 51.7 Å². The van der Waals surface area contributed by atoms with Gasteiger partial charge < -0.3 is 9.47 Å². The summed E-state index contributed by atoms with van der Waals surface area (Å²) in [6, 6.07) is 16.2. The summed E-state index contributed by atoms with van der Waals surface area (Å²) in [5, 5.41) is 0. The molecule has 0 N–H and O–H groups in total. The van der Waals surface area contributed by atoms with Gasteiger partial charge in [0.05, 0.1) is 13.2 Å². The maximum atomic E-state index is 5.76. The van der Waals surface area contributed by atoms with Crippen LogP contribution in [-0.2, 0) is 0 Å². The minimum absolute atomic E-state index is 0.738. The first-order chi connectivity index (χ1) is 11.8. The quantitative estimate of drug-likeness (QED) is 0.533. The fourth-order valence-corrected chi connectivity index (χ4v) is 2.01. The predicted molar refractivity (Wildman–Crippen MR) is 105 cm³/mol. The van der Waals surface area contributed by atoms with Crippen LogP contribution in [0.4, 0.5) is 0 Å². The van der Waals surface area contributed by atoms with Gasteiger partial charge in [-0.25, -0.2) is 0 Å². The lowest BCUT2D eigenvalue weighted by atomic mass is 10.2. The second kappa shape index (κ2) is 14.6. The fraction of sp³-hybridized carbons (Fsp3) is 0.455. The van der Waals surface area contributed by atoms with Gasteiger partial charge in [-0.05, 0) is 49.9 Å². The number of ether oxygens (including phenoxy) is 2. The average molecular weight is 331 g/mol. The predicted octanol–water partition coefficient (Wildman–Crippen LogP) is 6.59. The molecule has 0 amide bonds. The maximum absolute atomic E-state index is 5.76. The van der Waals surface area contributed by atoms with Crippen molar-refractivity contribution in [3.63, 3.8) is 0 Å². The zero-order chi connectivity index (χ0) is 18.2. The zero-order valence-corrected chi connectivity index (χ0v) is 16.3. The smallest absolute Gasteiger partial charge is 0.122 e. The van der Waals surface area contributed by atoms with Gasteiger partial charge in [-0.3, -0.25) is 0 Å². The molecule has 0 saturated carbocycles. The molecule has 0 aromatic heterocycles. The van der Waals surface area contributed by atoms with Crippen LogP contribution in [0, 0.1) is 13.8 Å². The Bertz CT molecular complexity index is 485. The Hall–Kier alpha value is -1.96. The summed E-state index contributed by atoms with van der Waals surface area (Å²) >= 11 is 0. The molecule has 0 spiro atoms. The summed E-state index contributed by atoms with van der Waals surface area (Å²) in [5.41, 5.74) is 2.37. The van der Waals surface area contributed by atoms with Crippen LogP contribution in [0.25, 0.3) is 0 Å². The lowest BCUT2D eigenvalue weighted by molar-refractivity contribution is 0.265. The first kappa shape index (κ1) is 22.0. The molecule has 0 unspecified atom stereocenters. The van der Waals surface area contributed by atoms with E-state index in [2.05, 4.69) is 26.0 Å². The van der Waals surface area contributed by atoms with Gasteiger partial charge in [0.25, 0.3) is 0 Å². The molecule has 0 radical (unpaired) electrons. The highest BCUT2D eigenvalue weighted by Gasteiger charge is 1.99. The Morgan fingerprint density at radius 3 is 1.25 bits per heavy atom. The molecule has 2 rings (SSSR count). The van der Waals surface area contributed by atoms with E-state index in [9.17, 15) is 0 Å².